The maximum atomic E-state index is 13.1. The van der Waals surface area contributed by atoms with Gasteiger partial charge >= 0.3 is 0 Å². The molecule has 5 heteroatoms. The van der Waals surface area contributed by atoms with Crippen molar-refractivity contribution < 1.29 is 9.90 Å². The lowest BCUT2D eigenvalue weighted by atomic mass is 9.49. The van der Waals surface area contributed by atoms with Gasteiger partial charge in [0.05, 0.1) is 23.9 Å². The van der Waals surface area contributed by atoms with Crippen LogP contribution in [0.1, 0.15) is 58.3 Å². The fourth-order valence-electron chi connectivity index (χ4n) is 6.87. The number of hydrogen-bond donors (Lipinski definition) is 3. The standard InChI is InChI=1S/C25H33N3O2/c1-2-19(15-29)26-23-7-6-20-21(27-23)4-3-5-22(20)28-24(30)14-25-11-16-8-17(12-25)10-18(9-16)13-25/h3-7,16-19,29H,2,8-15H2,1H3,(H,26,27)(H,28,30). The monoisotopic (exact) mass is 407 g/mol. The third-order valence-corrected chi connectivity index (χ3v) is 7.77. The van der Waals surface area contributed by atoms with Crippen molar-refractivity contribution in [1.29, 1.82) is 0 Å². The van der Waals surface area contributed by atoms with Crippen LogP contribution in [0.3, 0.4) is 0 Å². The molecule has 4 saturated carbocycles. The molecule has 4 fully saturated rings. The molecule has 2 aromatic rings. The number of aliphatic hydroxyl groups is 1. The molecule has 6 rings (SSSR count). The Labute approximate surface area is 178 Å². The lowest BCUT2D eigenvalue weighted by molar-refractivity contribution is -0.124. The second kappa shape index (κ2) is 7.84. The van der Waals surface area contributed by atoms with Crippen molar-refractivity contribution in [2.45, 2.75) is 64.3 Å². The Bertz CT molecular complexity index is 902. The normalized spacial score (nSPS) is 30.4. The number of nitrogens with one attached hydrogen (secondary N) is 2. The smallest absolute Gasteiger partial charge is 0.224 e. The van der Waals surface area contributed by atoms with E-state index in [0.717, 1.165) is 46.6 Å². The van der Waals surface area contributed by atoms with E-state index < -0.39 is 0 Å². The first-order valence-corrected chi connectivity index (χ1v) is 11.6. The minimum atomic E-state index is -0.00174. The predicted molar refractivity (Wildman–Crippen MR) is 120 cm³/mol. The molecule has 0 saturated heterocycles. The van der Waals surface area contributed by atoms with E-state index in [0.29, 0.717) is 6.42 Å². The number of carbonyl (C=O) groups excluding carboxylic acids is 1. The van der Waals surface area contributed by atoms with Gasteiger partial charge in [-0.15, -0.1) is 0 Å². The van der Waals surface area contributed by atoms with Crippen molar-refractivity contribution >= 4 is 28.3 Å². The molecule has 0 radical (unpaired) electrons. The minimum Gasteiger partial charge on any atom is -0.394 e. The zero-order chi connectivity index (χ0) is 20.7. The number of hydrogen-bond acceptors (Lipinski definition) is 4. The highest BCUT2D eigenvalue weighted by atomic mass is 16.3. The molecule has 4 bridgehead atoms. The van der Waals surface area contributed by atoms with Gasteiger partial charge in [0.15, 0.2) is 0 Å². The summed E-state index contributed by atoms with van der Waals surface area (Å²) >= 11 is 0. The minimum absolute atomic E-state index is 0.00174. The molecule has 1 heterocycles. The largest absolute Gasteiger partial charge is 0.394 e. The van der Waals surface area contributed by atoms with Crippen LogP contribution in [0.15, 0.2) is 30.3 Å². The van der Waals surface area contributed by atoms with Crippen molar-refractivity contribution in [3.8, 4) is 0 Å². The zero-order valence-corrected chi connectivity index (χ0v) is 17.9. The SMILES string of the molecule is CCC(CO)Nc1ccc2c(NC(=O)CC34CC5CC(CC(C5)C3)C4)cccc2n1. The summed E-state index contributed by atoms with van der Waals surface area (Å²) in [6.07, 6.45) is 9.46. The average Bonchev–Trinajstić information content (AvgIpc) is 2.70. The molecule has 1 aromatic carbocycles. The van der Waals surface area contributed by atoms with Crippen molar-refractivity contribution in [3.63, 3.8) is 0 Å². The molecule has 1 atom stereocenters. The summed E-state index contributed by atoms with van der Waals surface area (Å²) in [6.45, 7) is 2.11. The van der Waals surface area contributed by atoms with E-state index in [1.807, 2.05) is 37.3 Å². The average molecular weight is 408 g/mol. The van der Waals surface area contributed by atoms with Crippen molar-refractivity contribution in [2.75, 3.05) is 17.2 Å². The number of fused-ring (bicyclic) bond motifs is 1. The first-order valence-electron chi connectivity index (χ1n) is 11.6. The molecule has 30 heavy (non-hydrogen) atoms. The maximum Gasteiger partial charge on any atom is 0.224 e. The molecular formula is C25H33N3O2. The maximum absolute atomic E-state index is 13.1. The van der Waals surface area contributed by atoms with E-state index in [4.69, 9.17) is 0 Å². The van der Waals surface area contributed by atoms with E-state index in [1.165, 1.54) is 38.5 Å². The summed E-state index contributed by atoms with van der Waals surface area (Å²) in [7, 11) is 0. The van der Waals surface area contributed by atoms with E-state index in [-0.39, 0.29) is 24.0 Å². The Morgan fingerprint density at radius 2 is 1.83 bits per heavy atom. The first-order chi connectivity index (χ1) is 14.6. The lowest BCUT2D eigenvalue weighted by Crippen LogP contribution is -2.47. The molecule has 4 aliphatic rings. The number of rotatable bonds is 7. The summed E-state index contributed by atoms with van der Waals surface area (Å²) in [5, 5.41) is 16.8. The van der Waals surface area contributed by atoms with Crippen molar-refractivity contribution in [2.24, 2.45) is 23.2 Å². The number of anilines is 2. The highest BCUT2D eigenvalue weighted by Crippen LogP contribution is 2.61. The van der Waals surface area contributed by atoms with E-state index >= 15 is 0 Å². The summed E-state index contributed by atoms with van der Waals surface area (Å²) in [5.41, 5.74) is 1.94. The highest BCUT2D eigenvalue weighted by molar-refractivity contribution is 6.01. The molecule has 5 nitrogen and oxygen atoms in total. The van der Waals surface area contributed by atoms with Gasteiger partial charge < -0.3 is 15.7 Å². The van der Waals surface area contributed by atoms with Crippen LogP contribution in [-0.2, 0) is 4.79 Å². The van der Waals surface area contributed by atoms with Crippen LogP contribution < -0.4 is 10.6 Å². The zero-order valence-electron chi connectivity index (χ0n) is 17.9. The number of nitrogens with zero attached hydrogens (tertiary/aromatic N) is 1. The van der Waals surface area contributed by atoms with Crippen LogP contribution in [0.5, 0.6) is 0 Å². The van der Waals surface area contributed by atoms with Gasteiger partial charge in [-0.05, 0) is 92.4 Å². The number of amides is 1. The van der Waals surface area contributed by atoms with Crippen LogP contribution in [0.4, 0.5) is 11.5 Å². The molecular weight excluding hydrogens is 374 g/mol. The van der Waals surface area contributed by atoms with Crippen LogP contribution in [0, 0.1) is 23.2 Å². The Morgan fingerprint density at radius 3 is 2.47 bits per heavy atom. The second-order valence-corrected chi connectivity index (χ2v) is 10.1. The van der Waals surface area contributed by atoms with Gasteiger partial charge in [0.25, 0.3) is 0 Å². The Hall–Kier alpha value is -2.14. The van der Waals surface area contributed by atoms with E-state index in [2.05, 4.69) is 15.6 Å². The lowest BCUT2D eigenvalue weighted by Gasteiger charge is -2.56. The van der Waals surface area contributed by atoms with Crippen LogP contribution >= 0.6 is 0 Å². The number of aromatic nitrogens is 1. The molecule has 1 unspecified atom stereocenters. The summed E-state index contributed by atoms with van der Waals surface area (Å²) in [4.78, 5) is 17.7. The molecule has 3 N–H and O–H groups in total. The molecule has 1 aromatic heterocycles. The van der Waals surface area contributed by atoms with E-state index in [1.54, 1.807) is 0 Å². The third kappa shape index (κ3) is 3.80. The van der Waals surface area contributed by atoms with Crippen LogP contribution in [-0.4, -0.2) is 28.6 Å². The summed E-state index contributed by atoms with van der Waals surface area (Å²) in [6, 6.07) is 9.82. The predicted octanol–water partition coefficient (Wildman–Crippen LogP) is 4.96. The van der Waals surface area contributed by atoms with Gasteiger partial charge in [-0.2, -0.15) is 0 Å². The van der Waals surface area contributed by atoms with Gasteiger partial charge in [0, 0.05) is 11.8 Å². The van der Waals surface area contributed by atoms with Gasteiger partial charge in [0.2, 0.25) is 5.91 Å². The first kappa shape index (κ1) is 19.8. The summed E-state index contributed by atoms with van der Waals surface area (Å²) in [5.74, 6) is 3.49. The molecule has 0 spiro atoms. The molecule has 160 valence electrons. The van der Waals surface area contributed by atoms with Gasteiger partial charge in [-0.3, -0.25) is 4.79 Å². The molecule has 1 amide bonds. The number of benzene rings is 1. The number of carbonyl (C=O) groups is 1. The highest BCUT2D eigenvalue weighted by Gasteiger charge is 2.51. The topological polar surface area (TPSA) is 74.2 Å². The van der Waals surface area contributed by atoms with E-state index in [9.17, 15) is 9.90 Å². The van der Waals surface area contributed by atoms with Gasteiger partial charge in [-0.1, -0.05) is 13.0 Å². The van der Waals surface area contributed by atoms with Gasteiger partial charge in [0.1, 0.15) is 5.82 Å². The van der Waals surface area contributed by atoms with Crippen LogP contribution in [0.25, 0.3) is 10.9 Å². The number of aliphatic hydroxyl groups excluding tert-OH is 1. The Kier molecular flexibility index (Phi) is 5.18. The Balaban J connectivity index is 1.31. The molecule has 0 aliphatic heterocycles. The molecule has 4 aliphatic carbocycles. The quantitative estimate of drug-likeness (QED) is 0.606. The third-order valence-electron chi connectivity index (χ3n) is 7.77. The van der Waals surface area contributed by atoms with Crippen LogP contribution in [0.2, 0.25) is 0 Å². The fraction of sp³-hybridized carbons (Fsp3) is 0.600. The second-order valence-electron chi connectivity index (χ2n) is 10.1. The van der Waals surface area contributed by atoms with Crippen molar-refractivity contribution in [1.82, 2.24) is 4.98 Å². The van der Waals surface area contributed by atoms with Gasteiger partial charge in [-0.25, -0.2) is 4.98 Å². The van der Waals surface area contributed by atoms with Crippen molar-refractivity contribution in [3.05, 3.63) is 30.3 Å². The number of pyridine rings is 1. The Morgan fingerprint density at radius 1 is 1.13 bits per heavy atom. The fourth-order valence-corrected chi connectivity index (χ4v) is 6.87. The summed E-state index contributed by atoms with van der Waals surface area (Å²) < 4.78 is 0.